The zero-order valence-corrected chi connectivity index (χ0v) is 13.0. The number of carbonyl (C=O) groups excluding carboxylic acids is 1. The Balaban J connectivity index is 1.84. The lowest BCUT2D eigenvalue weighted by Gasteiger charge is -2.37. The van der Waals surface area contributed by atoms with Crippen LogP contribution in [0.15, 0.2) is 4.47 Å². The molecule has 7 heteroatoms. The Labute approximate surface area is 124 Å². The number of ether oxygens (including phenoxy) is 2. The van der Waals surface area contributed by atoms with Crippen molar-refractivity contribution in [1.29, 1.82) is 0 Å². The average molecular weight is 347 g/mol. The summed E-state index contributed by atoms with van der Waals surface area (Å²) >= 11 is 4.58. The summed E-state index contributed by atoms with van der Waals surface area (Å²) in [6.45, 7) is 1.28. The molecular formula is C12H15BrN2O3S. The van der Waals surface area contributed by atoms with E-state index in [0.717, 1.165) is 19.3 Å². The van der Waals surface area contributed by atoms with E-state index < -0.39 is 0 Å². The molecule has 0 spiro atoms. The number of morpholine rings is 1. The van der Waals surface area contributed by atoms with Crippen molar-refractivity contribution in [3.8, 4) is 5.88 Å². The van der Waals surface area contributed by atoms with Crippen LogP contribution in [0.3, 0.4) is 0 Å². The first-order valence-corrected chi connectivity index (χ1v) is 7.90. The highest BCUT2D eigenvalue weighted by atomic mass is 79.9. The largest absolute Gasteiger partial charge is 0.480 e. The van der Waals surface area contributed by atoms with Gasteiger partial charge < -0.3 is 14.4 Å². The highest BCUT2D eigenvalue weighted by Gasteiger charge is 2.39. The van der Waals surface area contributed by atoms with Crippen molar-refractivity contribution in [3.05, 3.63) is 9.35 Å². The van der Waals surface area contributed by atoms with Gasteiger partial charge in [-0.1, -0.05) is 0 Å². The predicted octanol–water partition coefficient (Wildman–Crippen LogP) is 2.31. The maximum absolute atomic E-state index is 12.6. The first kappa shape index (κ1) is 13.3. The SMILES string of the molecule is COc1nsc(C(=O)N2CCO[C@@H]3CCC[C@@H]32)c1Br. The minimum atomic E-state index is 0.0351. The number of nitrogens with zero attached hydrogens (tertiary/aromatic N) is 2. The number of aromatic nitrogens is 1. The molecule has 1 aliphatic carbocycles. The molecule has 2 atom stereocenters. The Hall–Kier alpha value is -0.660. The summed E-state index contributed by atoms with van der Waals surface area (Å²) in [5, 5.41) is 0. The lowest BCUT2D eigenvalue weighted by molar-refractivity contribution is -0.0444. The second-order valence-electron chi connectivity index (χ2n) is 4.74. The highest BCUT2D eigenvalue weighted by molar-refractivity contribution is 9.10. The summed E-state index contributed by atoms with van der Waals surface area (Å²) in [6.07, 6.45) is 3.43. The molecule has 1 aliphatic heterocycles. The zero-order chi connectivity index (χ0) is 13.4. The van der Waals surface area contributed by atoms with Crippen molar-refractivity contribution in [2.75, 3.05) is 20.3 Å². The van der Waals surface area contributed by atoms with Crippen LogP contribution in [0.4, 0.5) is 0 Å². The maximum Gasteiger partial charge on any atom is 0.267 e. The topological polar surface area (TPSA) is 51.7 Å². The van der Waals surface area contributed by atoms with Gasteiger partial charge in [0, 0.05) is 6.54 Å². The van der Waals surface area contributed by atoms with Crippen molar-refractivity contribution in [1.82, 2.24) is 9.27 Å². The molecule has 2 aliphatic rings. The van der Waals surface area contributed by atoms with Gasteiger partial charge in [-0.05, 0) is 46.7 Å². The Morgan fingerprint density at radius 3 is 3.16 bits per heavy atom. The zero-order valence-electron chi connectivity index (χ0n) is 10.6. The molecule has 19 heavy (non-hydrogen) atoms. The molecule has 1 amide bonds. The Bertz CT molecular complexity index is 493. The van der Waals surface area contributed by atoms with Crippen LogP contribution in [0.2, 0.25) is 0 Å². The van der Waals surface area contributed by atoms with Crippen LogP contribution in [-0.2, 0) is 4.74 Å². The number of methoxy groups -OCH3 is 1. The molecular weight excluding hydrogens is 332 g/mol. The van der Waals surface area contributed by atoms with Gasteiger partial charge in [0.25, 0.3) is 5.91 Å². The van der Waals surface area contributed by atoms with E-state index >= 15 is 0 Å². The summed E-state index contributed by atoms with van der Waals surface area (Å²) in [6, 6.07) is 0.223. The van der Waals surface area contributed by atoms with Crippen LogP contribution >= 0.6 is 27.5 Å². The minimum absolute atomic E-state index is 0.0351. The monoisotopic (exact) mass is 346 g/mol. The summed E-state index contributed by atoms with van der Waals surface area (Å²) in [7, 11) is 1.55. The maximum atomic E-state index is 12.6. The molecule has 3 rings (SSSR count). The van der Waals surface area contributed by atoms with Gasteiger partial charge in [0.15, 0.2) is 0 Å². The fourth-order valence-electron chi connectivity index (χ4n) is 2.83. The number of amides is 1. The fourth-order valence-corrected chi connectivity index (χ4v) is 4.29. The average Bonchev–Trinajstić information content (AvgIpc) is 3.03. The molecule has 0 bridgehead atoms. The summed E-state index contributed by atoms with van der Waals surface area (Å²) < 4.78 is 15.6. The highest BCUT2D eigenvalue weighted by Crippen LogP contribution is 2.35. The molecule has 1 saturated carbocycles. The van der Waals surface area contributed by atoms with Crippen LogP contribution in [0.25, 0.3) is 0 Å². The van der Waals surface area contributed by atoms with E-state index in [1.807, 2.05) is 4.90 Å². The van der Waals surface area contributed by atoms with Crippen LogP contribution in [0.1, 0.15) is 28.9 Å². The van der Waals surface area contributed by atoms with E-state index in [4.69, 9.17) is 9.47 Å². The summed E-state index contributed by atoms with van der Waals surface area (Å²) in [5.74, 6) is 0.512. The first-order valence-electron chi connectivity index (χ1n) is 6.34. The van der Waals surface area contributed by atoms with Gasteiger partial charge in [-0.15, -0.1) is 0 Å². The molecule has 5 nitrogen and oxygen atoms in total. The van der Waals surface area contributed by atoms with Gasteiger partial charge >= 0.3 is 0 Å². The second kappa shape index (κ2) is 5.38. The number of fused-ring (bicyclic) bond motifs is 1. The van der Waals surface area contributed by atoms with Crippen molar-refractivity contribution in [2.24, 2.45) is 0 Å². The molecule has 1 saturated heterocycles. The molecule has 2 heterocycles. The van der Waals surface area contributed by atoms with E-state index in [0.29, 0.717) is 28.4 Å². The third-order valence-corrected chi connectivity index (χ3v) is 5.55. The molecule has 0 N–H and O–H groups in total. The molecule has 1 aromatic rings. The lowest BCUT2D eigenvalue weighted by atomic mass is 10.1. The standard InChI is InChI=1S/C12H15BrN2O3S/c1-17-11-9(13)10(19-14-11)12(16)15-5-6-18-8-4-2-3-7(8)15/h7-8H,2-6H2,1H3/t7-,8+/m0/s1. The van der Waals surface area contributed by atoms with E-state index in [1.165, 1.54) is 11.5 Å². The van der Waals surface area contributed by atoms with Crippen molar-refractivity contribution < 1.29 is 14.3 Å². The van der Waals surface area contributed by atoms with Gasteiger partial charge in [-0.3, -0.25) is 4.79 Å². The summed E-state index contributed by atoms with van der Waals surface area (Å²) in [5.41, 5.74) is 0. The number of halogens is 1. The number of hydrogen-bond acceptors (Lipinski definition) is 5. The number of hydrogen-bond donors (Lipinski definition) is 0. The van der Waals surface area contributed by atoms with Crippen LogP contribution in [0.5, 0.6) is 5.88 Å². The molecule has 1 aromatic heterocycles. The van der Waals surface area contributed by atoms with Crippen molar-refractivity contribution >= 4 is 33.4 Å². The van der Waals surface area contributed by atoms with Gasteiger partial charge in [0.2, 0.25) is 5.88 Å². The summed E-state index contributed by atoms with van der Waals surface area (Å²) in [4.78, 5) is 15.2. The molecule has 104 valence electrons. The molecule has 0 aromatic carbocycles. The van der Waals surface area contributed by atoms with Crippen LogP contribution < -0.4 is 4.74 Å². The van der Waals surface area contributed by atoms with E-state index in [2.05, 4.69) is 20.3 Å². The van der Waals surface area contributed by atoms with E-state index in [1.54, 1.807) is 7.11 Å². The molecule has 0 radical (unpaired) electrons. The normalized spacial score (nSPS) is 26.3. The quantitative estimate of drug-likeness (QED) is 0.824. The Kier molecular flexibility index (Phi) is 3.77. The number of carbonyl (C=O) groups is 1. The minimum Gasteiger partial charge on any atom is -0.480 e. The fraction of sp³-hybridized carbons (Fsp3) is 0.667. The van der Waals surface area contributed by atoms with Crippen molar-refractivity contribution in [3.63, 3.8) is 0 Å². The third kappa shape index (κ3) is 2.28. The smallest absolute Gasteiger partial charge is 0.267 e. The van der Waals surface area contributed by atoms with Gasteiger partial charge in [-0.25, -0.2) is 0 Å². The second-order valence-corrected chi connectivity index (χ2v) is 6.31. The van der Waals surface area contributed by atoms with Gasteiger partial charge in [0.05, 0.1) is 25.9 Å². The van der Waals surface area contributed by atoms with Crippen LogP contribution in [0, 0.1) is 0 Å². The lowest BCUT2D eigenvalue weighted by Crippen LogP contribution is -2.51. The van der Waals surface area contributed by atoms with Crippen LogP contribution in [-0.4, -0.2) is 47.6 Å². The number of rotatable bonds is 2. The predicted molar refractivity (Wildman–Crippen MR) is 74.8 cm³/mol. The van der Waals surface area contributed by atoms with E-state index in [9.17, 15) is 4.79 Å². The van der Waals surface area contributed by atoms with E-state index in [-0.39, 0.29) is 18.1 Å². The molecule has 0 unspecified atom stereocenters. The molecule has 2 fully saturated rings. The van der Waals surface area contributed by atoms with Gasteiger partial charge in [-0.2, -0.15) is 4.37 Å². The van der Waals surface area contributed by atoms with Crippen molar-refractivity contribution in [2.45, 2.75) is 31.4 Å². The Morgan fingerprint density at radius 2 is 2.42 bits per heavy atom. The Morgan fingerprint density at radius 1 is 1.58 bits per heavy atom. The third-order valence-electron chi connectivity index (χ3n) is 3.74. The first-order chi connectivity index (χ1) is 9.22. The van der Waals surface area contributed by atoms with Gasteiger partial charge in [0.1, 0.15) is 9.35 Å².